The van der Waals surface area contributed by atoms with Gasteiger partial charge in [-0.2, -0.15) is 10.2 Å². The van der Waals surface area contributed by atoms with Crippen molar-refractivity contribution in [3.05, 3.63) is 11.6 Å². The van der Waals surface area contributed by atoms with Crippen LogP contribution in [-0.4, -0.2) is 18.5 Å². The van der Waals surface area contributed by atoms with E-state index in [1.807, 2.05) is 0 Å². The molecule has 2 N–H and O–H groups in total. The van der Waals surface area contributed by atoms with Gasteiger partial charge in [0.1, 0.15) is 11.6 Å². The lowest BCUT2D eigenvalue weighted by molar-refractivity contribution is -0.276. The number of rotatable bonds is 2. The predicted molar refractivity (Wildman–Crippen MR) is 46.6 cm³/mol. The van der Waals surface area contributed by atoms with Crippen molar-refractivity contribution in [1.29, 1.82) is 5.26 Å². The molecule has 16 heavy (non-hydrogen) atoms. The minimum Gasteiger partial charge on any atom is -0.481 e. The highest BCUT2D eigenvalue weighted by Gasteiger charge is 2.33. The van der Waals surface area contributed by atoms with Crippen LogP contribution in [0.2, 0.25) is 0 Å². The molecule has 1 heterocycles. The summed E-state index contributed by atoms with van der Waals surface area (Å²) in [6, 6.07) is 2.60. The van der Waals surface area contributed by atoms with E-state index in [0.29, 0.717) is 0 Å². The Bertz CT molecular complexity index is 439. The topological polar surface area (TPSA) is 81.2 Å². The molecular weight excluding hydrogens is 227 g/mol. The number of nitriles is 1. The van der Waals surface area contributed by atoms with Gasteiger partial charge < -0.3 is 15.2 Å². The van der Waals surface area contributed by atoms with Gasteiger partial charge in [-0.25, -0.2) is 0 Å². The first-order valence-corrected chi connectivity index (χ1v) is 3.87. The highest BCUT2D eigenvalue weighted by atomic mass is 19.4. The molecule has 0 spiro atoms. The second-order valence-electron chi connectivity index (χ2n) is 2.59. The van der Waals surface area contributed by atoms with Crippen LogP contribution in [0.5, 0.6) is 11.8 Å². The Morgan fingerprint density at radius 3 is 2.56 bits per heavy atom. The normalized spacial score (nSPS) is 10.7. The largest absolute Gasteiger partial charge is 0.574 e. The van der Waals surface area contributed by atoms with Crippen LogP contribution >= 0.6 is 0 Å². The Morgan fingerprint density at radius 2 is 2.12 bits per heavy atom. The third kappa shape index (κ3) is 2.66. The summed E-state index contributed by atoms with van der Waals surface area (Å²) in [5, 5.41) is 8.60. The number of ether oxygens (including phenoxy) is 2. The quantitative estimate of drug-likeness (QED) is 0.835. The Balaban J connectivity index is 3.25. The summed E-state index contributed by atoms with van der Waals surface area (Å²) >= 11 is 0. The van der Waals surface area contributed by atoms with E-state index in [0.717, 1.165) is 6.07 Å². The van der Waals surface area contributed by atoms with E-state index in [-0.39, 0.29) is 11.6 Å². The van der Waals surface area contributed by atoms with E-state index >= 15 is 0 Å². The average molecular weight is 233 g/mol. The van der Waals surface area contributed by atoms with E-state index in [1.165, 1.54) is 13.2 Å². The zero-order valence-electron chi connectivity index (χ0n) is 8.00. The van der Waals surface area contributed by atoms with Crippen LogP contribution in [0.3, 0.4) is 0 Å². The molecule has 0 fully saturated rings. The van der Waals surface area contributed by atoms with Crippen molar-refractivity contribution >= 4 is 5.69 Å². The molecule has 0 aromatic carbocycles. The van der Waals surface area contributed by atoms with Crippen LogP contribution in [-0.2, 0) is 0 Å². The van der Waals surface area contributed by atoms with E-state index < -0.39 is 17.8 Å². The third-order valence-electron chi connectivity index (χ3n) is 1.53. The second-order valence-corrected chi connectivity index (χ2v) is 2.59. The molecule has 8 heteroatoms. The van der Waals surface area contributed by atoms with Gasteiger partial charge in [0.2, 0.25) is 11.8 Å². The molecule has 0 aliphatic carbocycles. The molecule has 0 amide bonds. The number of alkyl halides is 3. The fourth-order valence-corrected chi connectivity index (χ4v) is 0.917. The number of aromatic nitrogens is 1. The van der Waals surface area contributed by atoms with Crippen molar-refractivity contribution in [2.75, 3.05) is 12.8 Å². The monoisotopic (exact) mass is 233 g/mol. The Hall–Kier alpha value is -2.17. The lowest BCUT2D eigenvalue weighted by Crippen LogP contribution is -2.19. The molecular formula is C8H6F3N3O2. The van der Waals surface area contributed by atoms with Gasteiger partial charge in [0, 0.05) is 6.07 Å². The van der Waals surface area contributed by atoms with Crippen molar-refractivity contribution < 1.29 is 22.6 Å². The zero-order valence-corrected chi connectivity index (χ0v) is 8.00. The van der Waals surface area contributed by atoms with Gasteiger partial charge >= 0.3 is 6.36 Å². The highest BCUT2D eigenvalue weighted by Crippen LogP contribution is 2.30. The minimum atomic E-state index is -4.95. The summed E-state index contributed by atoms with van der Waals surface area (Å²) in [7, 11) is 1.20. The van der Waals surface area contributed by atoms with Crippen molar-refractivity contribution in [2.45, 2.75) is 6.36 Å². The number of nitrogen functional groups attached to an aromatic ring is 1. The summed E-state index contributed by atoms with van der Waals surface area (Å²) in [5.74, 6) is -1.09. The number of pyridine rings is 1. The summed E-state index contributed by atoms with van der Waals surface area (Å²) in [6.07, 6.45) is -4.95. The molecule has 0 bridgehead atoms. The summed E-state index contributed by atoms with van der Waals surface area (Å²) < 4.78 is 44.1. The zero-order chi connectivity index (χ0) is 12.3. The van der Waals surface area contributed by atoms with Gasteiger partial charge in [0.25, 0.3) is 0 Å². The van der Waals surface area contributed by atoms with Gasteiger partial charge in [-0.3, -0.25) is 0 Å². The van der Waals surface area contributed by atoms with Crippen molar-refractivity contribution in [1.82, 2.24) is 4.98 Å². The van der Waals surface area contributed by atoms with Crippen LogP contribution in [0.4, 0.5) is 18.9 Å². The maximum Gasteiger partial charge on any atom is 0.574 e. The first-order valence-electron chi connectivity index (χ1n) is 3.87. The number of nitrogens with two attached hydrogens (primary N) is 1. The first kappa shape index (κ1) is 11.9. The van der Waals surface area contributed by atoms with E-state index in [1.54, 1.807) is 0 Å². The maximum absolute atomic E-state index is 12.0. The number of nitrogens with zero attached hydrogens (tertiary/aromatic N) is 2. The molecule has 1 rings (SSSR count). The molecule has 1 aromatic heterocycles. The van der Waals surface area contributed by atoms with Crippen LogP contribution in [0.15, 0.2) is 6.07 Å². The second kappa shape index (κ2) is 4.14. The molecule has 1 aromatic rings. The van der Waals surface area contributed by atoms with Crippen LogP contribution < -0.4 is 15.2 Å². The number of anilines is 1. The summed E-state index contributed by atoms with van der Waals surface area (Å²) in [4.78, 5) is 3.34. The Labute approximate surface area is 88.2 Å². The molecule has 0 radical (unpaired) electrons. The smallest absolute Gasteiger partial charge is 0.481 e. The SMILES string of the molecule is COc1cc(N)c(C#N)c(OC(F)(F)F)n1. The number of halogens is 3. The van der Waals surface area contributed by atoms with Crippen molar-refractivity contribution in [2.24, 2.45) is 0 Å². The van der Waals surface area contributed by atoms with Gasteiger partial charge in [-0.1, -0.05) is 0 Å². The molecule has 0 unspecified atom stereocenters. The number of hydrogen-bond acceptors (Lipinski definition) is 5. The molecule has 0 aliphatic rings. The van der Waals surface area contributed by atoms with Gasteiger partial charge in [0.15, 0.2) is 0 Å². The number of hydrogen-bond donors (Lipinski definition) is 1. The Morgan fingerprint density at radius 1 is 1.50 bits per heavy atom. The highest BCUT2D eigenvalue weighted by molar-refractivity contribution is 5.60. The summed E-state index contributed by atoms with van der Waals surface area (Å²) in [5.41, 5.74) is 4.65. The van der Waals surface area contributed by atoms with Gasteiger partial charge in [0.05, 0.1) is 12.8 Å². The molecule has 0 atom stereocenters. The van der Waals surface area contributed by atoms with E-state index in [2.05, 4.69) is 14.5 Å². The third-order valence-corrected chi connectivity index (χ3v) is 1.53. The van der Waals surface area contributed by atoms with E-state index in [4.69, 9.17) is 11.0 Å². The lowest BCUT2D eigenvalue weighted by Gasteiger charge is -2.11. The standard InChI is InChI=1S/C8H6F3N3O2/c1-15-6-2-5(13)4(3-12)7(14-6)16-8(9,10)11/h2H,1H3,(H2,13,14). The average Bonchev–Trinajstić information content (AvgIpc) is 2.14. The van der Waals surface area contributed by atoms with Gasteiger partial charge in [-0.15, -0.1) is 13.2 Å². The van der Waals surface area contributed by atoms with Crippen LogP contribution in [0, 0.1) is 11.3 Å². The van der Waals surface area contributed by atoms with Crippen molar-refractivity contribution in [3.63, 3.8) is 0 Å². The van der Waals surface area contributed by atoms with Crippen molar-refractivity contribution in [3.8, 4) is 17.8 Å². The first-order chi connectivity index (χ1) is 7.37. The summed E-state index contributed by atoms with van der Waals surface area (Å²) in [6.45, 7) is 0. The molecule has 0 saturated carbocycles. The number of methoxy groups -OCH3 is 1. The van der Waals surface area contributed by atoms with Crippen LogP contribution in [0.1, 0.15) is 5.56 Å². The van der Waals surface area contributed by atoms with E-state index in [9.17, 15) is 13.2 Å². The molecule has 5 nitrogen and oxygen atoms in total. The lowest BCUT2D eigenvalue weighted by atomic mass is 10.2. The fraction of sp³-hybridized carbons (Fsp3) is 0.250. The Kier molecular flexibility index (Phi) is 3.08. The molecule has 0 saturated heterocycles. The minimum absolute atomic E-state index is 0.171. The molecule has 86 valence electrons. The maximum atomic E-state index is 12.0. The van der Waals surface area contributed by atoms with Gasteiger partial charge in [-0.05, 0) is 0 Å². The molecule has 0 aliphatic heterocycles. The predicted octanol–water partition coefficient (Wildman–Crippen LogP) is 1.44. The fourth-order valence-electron chi connectivity index (χ4n) is 0.917. The van der Waals surface area contributed by atoms with Crippen LogP contribution in [0.25, 0.3) is 0 Å².